The van der Waals surface area contributed by atoms with Gasteiger partial charge in [0.05, 0.1) is 5.75 Å². The fraction of sp³-hybridized carbons (Fsp3) is 0.300. The molecule has 0 aromatic carbocycles. The van der Waals surface area contributed by atoms with Gasteiger partial charge in [0.2, 0.25) is 5.91 Å². The standard InChI is InChI=1S/C10H12N4O2S/c1-7-5-8(13-16-7)12-9(15)6-17-10-11-3-4-14(10)2/h3-5H,6H2,1-2H3,(H,12,13,15). The lowest BCUT2D eigenvalue weighted by molar-refractivity contribution is -0.113. The molecule has 0 fully saturated rings. The average molecular weight is 252 g/mol. The van der Waals surface area contributed by atoms with Gasteiger partial charge in [0.1, 0.15) is 5.76 Å². The van der Waals surface area contributed by atoms with Gasteiger partial charge >= 0.3 is 0 Å². The third-order valence-electron chi connectivity index (χ3n) is 2.00. The number of aromatic nitrogens is 3. The van der Waals surface area contributed by atoms with Crippen molar-refractivity contribution in [2.45, 2.75) is 12.1 Å². The van der Waals surface area contributed by atoms with Crippen LogP contribution in [0.3, 0.4) is 0 Å². The quantitative estimate of drug-likeness (QED) is 0.834. The van der Waals surface area contributed by atoms with E-state index in [0.29, 0.717) is 11.6 Å². The Bertz CT molecular complexity index is 520. The monoisotopic (exact) mass is 252 g/mol. The van der Waals surface area contributed by atoms with Crippen molar-refractivity contribution in [3.05, 3.63) is 24.2 Å². The van der Waals surface area contributed by atoms with E-state index in [4.69, 9.17) is 4.52 Å². The molecule has 0 aliphatic rings. The maximum atomic E-state index is 11.6. The first kappa shape index (κ1) is 11.7. The van der Waals surface area contributed by atoms with E-state index < -0.39 is 0 Å². The van der Waals surface area contributed by atoms with Crippen molar-refractivity contribution >= 4 is 23.5 Å². The number of carbonyl (C=O) groups is 1. The van der Waals surface area contributed by atoms with Crippen LogP contribution < -0.4 is 5.32 Å². The molecule has 0 bridgehead atoms. The Morgan fingerprint density at radius 3 is 3.06 bits per heavy atom. The van der Waals surface area contributed by atoms with Crippen LogP contribution in [-0.4, -0.2) is 26.4 Å². The second-order valence-corrected chi connectivity index (χ2v) is 4.42. The highest BCUT2D eigenvalue weighted by Gasteiger charge is 2.08. The highest BCUT2D eigenvalue weighted by atomic mass is 32.2. The summed E-state index contributed by atoms with van der Waals surface area (Å²) in [5.41, 5.74) is 0. The van der Waals surface area contributed by atoms with Gasteiger partial charge in [0.15, 0.2) is 11.0 Å². The Morgan fingerprint density at radius 2 is 2.47 bits per heavy atom. The van der Waals surface area contributed by atoms with Crippen molar-refractivity contribution in [1.82, 2.24) is 14.7 Å². The normalized spacial score (nSPS) is 10.5. The largest absolute Gasteiger partial charge is 0.360 e. The lowest BCUT2D eigenvalue weighted by atomic mass is 10.5. The van der Waals surface area contributed by atoms with Crippen LogP contribution in [0.1, 0.15) is 5.76 Å². The Labute approximate surface area is 102 Å². The van der Waals surface area contributed by atoms with Crippen LogP contribution in [0.15, 0.2) is 28.1 Å². The molecule has 0 atom stereocenters. The summed E-state index contributed by atoms with van der Waals surface area (Å²) < 4.78 is 6.71. The first-order valence-corrected chi connectivity index (χ1v) is 5.97. The first-order valence-electron chi connectivity index (χ1n) is 4.98. The Morgan fingerprint density at radius 1 is 1.65 bits per heavy atom. The maximum absolute atomic E-state index is 11.6. The third kappa shape index (κ3) is 3.10. The maximum Gasteiger partial charge on any atom is 0.236 e. The van der Waals surface area contributed by atoms with Gasteiger partial charge in [0.25, 0.3) is 0 Å². The summed E-state index contributed by atoms with van der Waals surface area (Å²) in [4.78, 5) is 15.7. The van der Waals surface area contributed by atoms with Gasteiger partial charge in [-0.2, -0.15) is 0 Å². The fourth-order valence-electron chi connectivity index (χ4n) is 1.23. The molecule has 6 nitrogen and oxygen atoms in total. The summed E-state index contributed by atoms with van der Waals surface area (Å²) in [6.45, 7) is 1.77. The number of nitrogens with zero attached hydrogens (tertiary/aromatic N) is 3. The van der Waals surface area contributed by atoms with E-state index in [0.717, 1.165) is 5.16 Å². The predicted octanol–water partition coefficient (Wildman–Crippen LogP) is 1.45. The van der Waals surface area contributed by atoms with Crippen LogP contribution in [-0.2, 0) is 11.8 Å². The molecule has 0 aliphatic heterocycles. The van der Waals surface area contributed by atoms with Crippen LogP contribution in [0.5, 0.6) is 0 Å². The SMILES string of the molecule is Cc1cc(NC(=O)CSc2nccn2C)no1. The van der Waals surface area contributed by atoms with Crippen molar-refractivity contribution < 1.29 is 9.32 Å². The minimum atomic E-state index is -0.133. The molecular weight excluding hydrogens is 240 g/mol. The Kier molecular flexibility index (Phi) is 3.48. The highest BCUT2D eigenvalue weighted by molar-refractivity contribution is 7.99. The molecule has 2 heterocycles. The molecule has 0 radical (unpaired) electrons. The van der Waals surface area contributed by atoms with Crippen molar-refractivity contribution in [1.29, 1.82) is 0 Å². The lowest BCUT2D eigenvalue weighted by Gasteiger charge is -2.01. The van der Waals surface area contributed by atoms with Gasteiger partial charge in [-0.25, -0.2) is 4.98 Å². The number of thioether (sulfide) groups is 1. The molecule has 2 aromatic heterocycles. The van der Waals surface area contributed by atoms with Crippen LogP contribution in [0.4, 0.5) is 5.82 Å². The minimum Gasteiger partial charge on any atom is -0.360 e. The summed E-state index contributed by atoms with van der Waals surface area (Å²) >= 11 is 1.37. The van der Waals surface area contributed by atoms with Crippen LogP contribution in [0.25, 0.3) is 0 Å². The van der Waals surface area contributed by atoms with Crippen molar-refractivity contribution in [3.8, 4) is 0 Å². The van der Waals surface area contributed by atoms with E-state index in [2.05, 4.69) is 15.5 Å². The van der Waals surface area contributed by atoms with Crippen LogP contribution >= 0.6 is 11.8 Å². The number of amides is 1. The predicted molar refractivity (Wildman–Crippen MR) is 63.8 cm³/mol. The van der Waals surface area contributed by atoms with E-state index in [9.17, 15) is 4.79 Å². The number of rotatable bonds is 4. The molecule has 1 amide bonds. The van der Waals surface area contributed by atoms with Gasteiger partial charge in [-0.05, 0) is 6.92 Å². The summed E-state index contributed by atoms with van der Waals surface area (Å²) in [7, 11) is 1.88. The summed E-state index contributed by atoms with van der Waals surface area (Å²) in [5.74, 6) is 1.26. The molecule has 7 heteroatoms. The molecule has 0 unspecified atom stereocenters. The fourth-order valence-corrected chi connectivity index (χ4v) is 1.96. The zero-order valence-corrected chi connectivity index (χ0v) is 10.3. The average Bonchev–Trinajstić information content (AvgIpc) is 2.85. The Balaban J connectivity index is 1.84. The molecule has 0 aliphatic carbocycles. The Hall–Kier alpha value is -1.76. The summed E-state index contributed by atoms with van der Waals surface area (Å²) in [5, 5.41) is 7.13. The van der Waals surface area contributed by atoms with Gasteiger partial charge in [-0.3, -0.25) is 4.79 Å². The molecular formula is C10H12N4O2S. The van der Waals surface area contributed by atoms with E-state index >= 15 is 0 Å². The number of hydrogen-bond acceptors (Lipinski definition) is 5. The summed E-state index contributed by atoms with van der Waals surface area (Å²) in [6, 6.07) is 1.67. The molecule has 1 N–H and O–H groups in total. The third-order valence-corrected chi connectivity index (χ3v) is 3.06. The number of hydrogen-bond donors (Lipinski definition) is 1. The highest BCUT2D eigenvalue weighted by Crippen LogP contribution is 2.15. The van der Waals surface area contributed by atoms with E-state index in [1.165, 1.54) is 11.8 Å². The van der Waals surface area contributed by atoms with Crippen LogP contribution in [0.2, 0.25) is 0 Å². The first-order chi connectivity index (χ1) is 8.15. The second kappa shape index (κ2) is 5.05. The summed E-state index contributed by atoms with van der Waals surface area (Å²) in [6.07, 6.45) is 3.53. The number of aryl methyl sites for hydroxylation is 2. The minimum absolute atomic E-state index is 0.133. The number of nitrogens with one attached hydrogen (secondary N) is 1. The number of carbonyl (C=O) groups excluding carboxylic acids is 1. The smallest absolute Gasteiger partial charge is 0.236 e. The van der Waals surface area contributed by atoms with Gasteiger partial charge in [-0.15, -0.1) is 0 Å². The van der Waals surface area contributed by atoms with Gasteiger partial charge in [-0.1, -0.05) is 16.9 Å². The van der Waals surface area contributed by atoms with Crippen molar-refractivity contribution in [2.75, 3.05) is 11.1 Å². The van der Waals surface area contributed by atoms with Crippen molar-refractivity contribution in [3.63, 3.8) is 0 Å². The van der Waals surface area contributed by atoms with E-state index in [1.807, 2.05) is 17.8 Å². The van der Waals surface area contributed by atoms with Gasteiger partial charge < -0.3 is 14.4 Å². The number of imidazole rings is 1. The molecule has 2 rings (SSSR count). The zero-order valence-electron chi connectivity index (χ0n) is 9.51. The lowest BCUT2D eigenvalue weighted by Crippen LogP contribution is -2.14. The molecule has 0 saturated heterocycles. The molecule has 2 aromatic rings. The molecule has 90 valence electrons. The van der Waals surface area contributed by atoms with Crippen molar-refractivity contribution in [2.24, 2.45) is 7.05 Å². The molecule has 0 spiro atoms. The van der Waals surface area contributed by atoms with Gasteiger partial charge in [0, 0.05) is 25.5 Å². The number of anilines is 1. The van der Waals surface area contributed by atoms with Crippen LogP contribution in [0, 0.1) is 6.92 Å². The van der Waals surface area contributed by atoms with E-state index in [-0.39, 0.29) is 11.7 Å². The molecule has 17 heavy (non-hydrogen) atoms. The topological polar surface area (TPSA) is 73.0 Å². The van der Waals surface area contributed by atoms with E-state index in [1.54, 1.807) is 19.2 Å². The zero-order chi connectivity index (χ0) is 12.3. The molecule has 0 saturated carbocycles. The second-order valence-electron chi connectivity index (χ2n) is 3.48.